The van der Waals surface area contributed by atoms with Crippen molar-refractivity contribution in [1.82, 2.24) is 14.8 Å². The molecular weight excluding hydrogens is 238 g/mol. The number of hydrogen-bond acceptors (Lipinski definition) is 3. The minimum atomic E-state index is 0.709. The largest absolute Gasteiger partial charge is 0.299 e. The number of hydrogen-bond donors (Lipinski definition) is 1. The Morgan fingerprint density at radius 3 is 2.81 bits per heavy atom. The Morgan fingerprint density at radius 1 is 1.50 bits per heavy atom. The highest BCUT2D eigenvalue weighted by molar-refractivity contribution is 7.71. The number of aromatic amines is 1. The highest BCUT2D eigenvalue weighted by Crippen LogP contribution is 2.21. The molecule has 86 valence electrons. The van der Waals surface area contributed by atoms with Crippen molar-refractivity contribution in [3.05, 3.63) is 32.0 Å². The predicted octanol–water partition coefficient (Wildman–Crippen LogP) is 3.23. The summed E-state index contributed by atoms with van der Waals surface area (Å²) in [4.78, 5) is 2.71. The number of aryl methyl sites for hydroxylation is 3. The average Bonchev–Trinajstić information content (AvgIpc) is 2.74. The van der Waals surface area contributed by atoms with Crippen LogP contribution in [0.25, 0.3) is 0 Å². The SMILES string of the molecule is CCc1n[nH]c(=S)n1Cc1cc(C)c(C)s1. The van der Waals surface area contributed by atoms with Gasteiger partial charge in [0.2, 0.25) is 0 Å². The summed E-state index contributed by atoms with van der Waals surface area (Å²) in [6, 6.07) is 2.23. The lowest BCUT2D eigenvalue weighted by molar-refractivity contribution is 0.732. The average molecular weight is 253 g/mol. The van der Waals surface area contributed by atoms with Crippen LogP contribution in [0.1, 0.15) is 28.1 Å². The van der Waals surface area contributed by atoms with Crippen LogP contribution >= 0.6 is 23.6 Å². The van der Waals surface area contributed by atoms with Crippen LogP contribution in [-0.2, 0) is 13.0 Å². The van der Waals surface area contributed by atoms with Crippen molar-refractivity contribution in [3.63, 3.8) is 0 Å². The van der Waals surface area contributed by atoms with Crippen molar-refractivity contribution in [3.8, 4) is 0 Å². The highest BCUT2D eigenvalue weighted by Gasteiger charge is 2.07. The van der Waals surface area contributed by atoms with E-state index in [4.69, 9.17) is 12.2 Å². The van der Waals surface area contributed by atoms with Gasteiger partial charge >= 0.3 is 0 Å². The van der Waals surface area contributed by atoms with E-state index in [1.165, 1.54) is 15.3 Å². The van der Waals surface area contributed by atoms with E-state index >= 15 is 0 Å². The van der Waals surface area contributed by atoms with Crippen molar-refractivity contribution in [2.75, 3.05) is 0 Å². The first-order valence-corrected chi connectivity index (χ1v) is 6.54. The van der Waals surface area contributed by atoms with E-state index in [1.54, 1.807) is 0 Å². The molecule has 5 heteroatoms. The predicted molar refractivity (Wildman–Crippen MR) is 69.7 cm³/mol. The number of nitrogens with zero attached hydrogens (tertiary/aromatic N) is 2. The third-order valence-corrected chi connectivity index (χ3v) is 4.13. The maximum atomic E-state index is 5.23. The standard InChI is InChI=1S/C11H15N3S2/c1-4-10-12-13-11(15)14(10)6-9-5-7(2)8(3)16-9/h5H,4,6H2,1-3H3,(H,13,15). The van der Waals surface area contributed by atoms with Gasteiger partial charge in [-0.25, -0.2) is 0 Å². The van der Waals surface area contributed by atoms with Gasteiger partial charge in [-0.05, 0) is 37.7 Å². The van der Waals surface area contributed by atoms with E-state index in [0.29, 0.717) is 4.77 Å². The van der Waals surface area contributed by atoms with Crippen LogP contribution in [0, 0.1) is 18.6 Å². The van der Waals surface area contributed by atoms with Crippen molar-refractivity contribution in [1.29, 1.82) is 0 Å². The Hall–Kier alpha value is -0.940. The van der Waals surface area contributed by atoms with Crippen molar-refractivity contribution >= 4 is 23.6 Å². The summed E-state index contributed by atoms with van der Waals surface area (Å²) in [5.41, 5.74) is 1.35. The van der Waals surface area contributed by atoms with Crippen LogP contribution in [0.15, 0.2) is 6.07 Å². The number of rotatable bonds is 3. The Bertz CT molecular complexity index is 528. The third kappa shape index (κ3) is 2.10. The lowest BCUT2D eigenvalue weighted by atomic mass is 10.3. The lowest BCUT2D eigenvalue weighted by Gasteiger charge is -2.02. The van der Waals surface area contributed by atoms with Crippen LogP contribution < -0.4 is 0 Å². The molecule has 0 saturated heterocycles. The summed E-state index contributed by atoms with van der Waals surface area (Å²) in [6.45, 7) is 7.22. The number of aromatic nitrogens is 3. The van der Waals surface area contributed by atoms with E-state index in [1.807, 2.05) is 11.3 Å². The molecule has 0 aliphatic heterocycles. The zero-order valence-corrected chi connectivity index (χ0v) is 11.3. The van der Waals surface area contributed by atoms with Gasteiger partial charge in [0.1, 0.15) is 5.82 Å². The molecule has 0 bridgehead atoms. The van der Waals surface area contributed by atoms with Crippen LogP contribution in [0.4, 0.5) is 0 Å². The van der Waals surface area contributed by atoms with Gasteiger partial charge in [-0.15, -0.1) is 11.3 Å². The van der Waals surface area contributed by atoms with Crippen molar-refractivity contribution in [2.45, 2.75) is 33.7 Å². The van der Waals surface area contributed by atoms with E-state index in [0.717, 1.165) is 18.8 Å². The first kappa shape index (κ1) is 11.5. The van der Waals surface area contributed by atoms with Gasteiger partial charge in [0.25, 0.3) is 0 Å². The second-order valence-corrected chi connectivity index (χ2v) is 5.56. The number of nitrogens with one attached hydrogen (secondary N) is 1. The van der Waals surface area contributed by atoms with Crippen molar-refractivity contribution in [2.24, 2.45) is 0 Å². The summed E-state index contributed by atoms with van der Waals surface area (Å²) < 4.78 is 2.78. The lowest BCUT2D eigenvalue weighted by Crippen LogP contribution is -2.03. The monoisotopic (exact) mass is 253 g/mol. The van der Waals surface area contributed by atoms with E-state index in [9.17, 15) is 0 Å². The fraction of sp³-hybridized carbons (Fsp3) is 0.455. The molecule has 16 heavy (non-hydrogen) atoms. The van der Waals surface area contributed by atoms with Gasteiger partial charge < -0.3 is 0 Å². The first-order chi connectivity index (χ1) is 7.61. The van der Waals surface area contributed by atoms with Crippen LogP contribution in [0.3, 0.4) is 0 Å². The molecule has 0 atom stereocenters. The molecule has 2 aromatic rings. The van der Waals surface area contributed by atoms with E-state index in [2.05, 4.69) is 41.6 Å². The summed E-state index contributed by atoms with van der Waals surface area (Å²) in [6.07, 6.45) is 0.899. The van der Waals surface area contributed by atoms with Crippen LogP contribution in [0.2, 0.25) is 0 Å². The maximum absolute atomic E-state index is 5.23. The third-order valence-electron chi connectivity index (χ3n) is 2.68. The summed E-state index contributed by atoms with van der Waals surface area (Å²) >= 11 is 7.06. The fourth-order valence-electron chi connectivity index (χ4n) is 1.67. The molecule has 2 aromatic heterocycles. The maximum Gasteiger partial charge on any atom is 0.195 e. The molecule has 1 N–H and O–H groups in total. The normalized spacial score (nSPS) is 10.9. The smallest absolute Gasteiger partial charge is 0.195 e. The minimum Gasteiger partial charge on any atom is -0.299 e. The van der Waals surface area contributed by atoms with Gasteiger partial charge in [0, 0.05) is 16.2 Å². The molecule has 3 nitrogen and oxygen atoms in total. The van der Waals surface area contributed by atoms with Crippen molar-refractivity contribution < 1.29 is 0 Å². The Labute approximate surface area is 104 Å². The number of thiophene rings is 1. The molecule has 0 aliphatic carbocycles. The molecule has 0 aliphatic rings. The van der Waals surface area contributed by atoms with E-state index in [-0.39, 0.29) is 0 Å². The van der Waals surface area contributed by atoms with Crippen LogP contribution in [0.5, 0.6) is 0 Å². The Kier molecular flexibility index (Phi) is 3.25. The highest BCUT2D eigenvalue weighted by atomic mass is 32.1. The molecule has 0 fully saturated rings. The zero-order chi connectivity index (χ0) is 11.7. The van der Waals surface area contributed by atoms with Gasteiger partial charge in [0.05, 0.1) is 6.54 Å². The molecule has 0 aromatic carbocycles. The molecule has 0 saturated carbocycles. The Morgan fingerprint density at radius 2 is 2.25 bits per heavy atom. The molecule has 0 radical (unpaired) electrons. The van der Waals surface area contributed by atoms with E-state index < -0.39 is 0 Å². The summed E-state index contributed by atoms with van der Waals surface area (Å²) in [5, 5.41) is 7.06. The molecule has 0 unspecified atom stereocenters. The van der Waals surface area contributed by atoms with Gasteiger partial charge in [-0.3, -0.25) is 9.67 Å². The molecular formula is C11H15N3S2. The molecule has 0 amide bonds. The van der Waals surface area contributed by atoms with Gasteiger partial charge in [0.15, 0.2) is 4.77 Å². The minimum absolute atomic E-state index is 0.709. The second-order valence-electron chi connectivity index (χ2n) is 3.84. The van der Waals surface area contributed by atoms with Crippen LogP contribution in [-0.4, -0.2) is 14.8 Å². The first-order valence-electron chi connectivity index (χ1n) is 5.31. The summed E-state index contributed by atoms with van der Waals surface area (Å²) in [7, 11) is 0. The summed E-state index contributed by atoms with van der Waals surface area (Å²) in [5.74, 6) is 1.02. The molecule has 0 spiro atoms. The fourth-order valence-corrected chi connectivity index (χ4v) is 2.92. The quantitative estimate of drug-likeness (QED) is 0.852. The molecule has 2 rings (SSSR count). The van der Waals surface area contributed by atoms with Gasteiger partial charge in [-0.1, -0.05) is 6.92 Å². The zero-order valence-electron chi connectivity index (χ0n) is 9.70. The topological polar surface area (TPSA) is 33.6 Å². The second kappa shape index (κ2) is 4.51. The van der Waals surface area contributed by atoms with Gasteiger partial charge in [-0.2, -0.15) is 5.10 Å². The Balaban J connectivity index is 2.33. The molecule has 2 heterocycles. The number of H-pyrrole nitrogens is 1.